The van der Waals surface area contributed by atoms with Crippen LogP contribution in [0.1, 0.15) is 17.0 Å². The molecule has 0 spiro atoms. The van der Waals surface area contributed by atoms with E-state index in [4.69, 9.17) is 0 Å². The molecular formula is C16H15N5O2. The molecule has 23 heavy (non-hydrogen) atoms. The average Bonchev–Trinajstić information content (AvgIpc) is 2.95. The summed E-state index contributed by atoms with van der Waals surface area (Å²) in [4.78, 5) is 17.0. The summed E-state index contributed by atoms with van der Waals surface area (Å²) >= 11 is 0. The van der Waals surface area contributed by atoms with E-state index >= 15 is 0 Å². The first-order chi connectivity index (χ1) is 11.1. The number of anilines is 1. The van der Waals surface area contributed by atoms with Gasteiger partial charge in [0, 0.05) is 55.2 Å². The Morgan fingerprint density at radius 2 is 2.04 bits per heavy atom. The molecule has 0 bridgehead atoms. The van der Waals surface area contributed by atoms with Crippen LogP contribution in [0.5, 0.6) is 0 Å². The van der Waals surface area contributed by atoms with E-state index in [2.05, 4.69) is 15.0 Å². The van der Waals surface area contributed by atoms with Gasteiger partial charge in [0.15, 0.2) is 5.65 Å². The van der Waals surface area contributed by atoms with Gasteiger partial charge in [-0.05, 0) is 19.1 Å². The molecule has 0 amide bonds. The number of nitro benzene ring substituents is 1. The van der Waals surface area contributed by atoms with Gasteiger partial charge in [0.25, 0.3) is 5.69 Å². The van der Waals surface area contributed by atoms with Crippen LogP contribution < -0.4 is 4.90 Å². The average molecular weight is 309 g/mol. The highest BCUT2D eigenvalue weighted by Crippen LogP contribution is 2.26. The van der Waals surface area contributed by atoms with Gasteiger partial charge in [0.2, 0.25) is 0 Å². The fraction of sp³-hybridized carbons (Fsp3) is 0.250. The largest absolute Gasteiger partial charge is 0.367 e. The molecule has 7 heteroatoms. The van der Waals surface area contributed by atoms with Crippen molar-refractivity contribution in [2.75, 3.05) is 11.4 Å². The lowest BCUT2D eigenvalue weighted by Crippen LogP contribution is -2.32. The first-order valence-corrected chi connectivity index (χ1v) is 7.44. The molecule has 3 heterocycles. The summed E-state index contributed by atoms with van der Waals surface area (Å²) in [5.41, 5.74) is 5.28. The van der Waals surface area contributed by atoms with Crippen molar-refractivity contribution in [3.05, 3.63) is 63.6 Å². The molecule has 0 N–H and O–H groups in total. The number of nitrogens with zero attached hydrogens (tertiary/aromatic N) is 5. The molecule has 0 fully saturated rings. The highest BCUT2D eigenvalue weighted by atomic mass is 16.6. The zero-order chi connectivity index (χ0) is 16.0. The van der Waals surface area contributed by atoms with E-state index in [1.807, 2.05) is 23.7 Å². The first-order valence-electron chi connectivity index (χ1n) is 7.44. The van der Waals surface area contributed by atoms with Crippen LogP contribution in [0.4, 0.5) is 11.4 Å². The SMILES string of the molecule is Cc1cc2ncc3c(n2n1)CCN(c1ccc([N+](=O)[O-])cc1)C3. The highest BCUT2D eigenvalue weighted by Gasteiger charge is 2.20. The third kappa shape index (κ3) is 2.30. The predicted molar refractivity (Wildman–Crippen MR) is 85.6 cm³/mol. The number of fused-ring (bicyclic) bond motifs is 3. The second-order valence-corrected chi connectivity index (χ2v) is 5.73. The normalized spacial score (nSPS) is 14.0. The van der Waals surface area contributed by atoms with E-state index in [1.165, 1.54) is 5.69 Å². The number of hydrogen-bond acceptors (Lipinski definition) is 5. The predicted octanol–water partition coefficient (Wildman–Crippen LogP) is 2.51. The van der Waals surface area contributed by atoms with Crippen molar-refractivity contribution in [3.8, 4) is 0 Å². The Morgan fingerprint density at radius 3 is 2.78 bits per heavy atom. The Balaban J connectivity index is 1.65. The topological polar surface area (TPSA) is 76.6 Å². The minimum Gasteiger partial charge on any atom is -0.367 e. The lowest BCUT2D eigenvalue weighted by molar-refractivity contribution is -0.384. The quantitative estimate of drug-likeness (QED) is 0.537. The molecule has 1 aromatic carbocycles. The summed E-state index contributed by atoms with van der Waals surface area (Å²) in [5, 5.41) is 15.3. The fourth-order valence-electron chi connectivity index (χ4n) is 3.06. The Morgan fingerprint density at radius 1 is 1.26 bits per heavy atom. The van der Waals surface area contributed by atoms with Gasteiger partial charge in [-0.15, -0.1) is 0 Å². The molecule has 4 rings (SSSR count). The minimum absolute atomic E-state index is 0.113. The summed E-state index contributed by atoms with van der Waals surface area (Å²) in [7, 11) is 0. The van der Waals surface area contributed by atoms with Crippen LogP contribution >= 0.6 is 0 Å². The van der Waals surface area contributed by atoms with E-state index in [0.29, 0.717) is 0 Å². The molecule has 116 valence electrons. The maximum atomic E-state index is 10.8. The lowest BCUT2D eigenvalue weighted by Gasteiger charge is -2.30. The summed E-state index contributed by atoms with van der Waals surface area (Å²) < 4.78 is 1.93. The molecule has 0 unspecified atom stereocenters. The van der Waals surface area contributed by atoms with E-state index in [-0.39, 0.29) is 10.6 Å². The Hall–Kier alpha value is -2.96. The monoisotopic (exact) mass is 309 g/mol. The van der Waals surface area contributed by atoms with Crippen molar-refractivity contribution in [1.82, 2.24) is 14.6 Å². The molecule has 3 aromatic rings. The number of rotatable bonds is 2. The van der Waals surface area contributed by atoms with Crippen molar-refractivity contribution in [2.45, 2.75) is 19.9 Å². The van der Waals surface area contributed by atoms with E-state index in [1.54, 1.807) is 24.3 Å². The number of benzene rings is 1. The summed E-state index contributed by atoms with van der Waals surface area (Å²) in [6.07, 6.45) is 2.77. The highest BCUT2D eigenvalue weighted by molar-refractivity contribution is 5.53. The van der Waals surface area contributed by atoms with Crippen LogP contribution in [0.3, 0.4) is 0 Å². The van der Waals surface area contributed by atoms with E-state index in [9.17, 15) is 10.1 Å². The van der Waals surface area contributed by atoms with Gasteiger partial charge >= 0.3 is 0 Å². The lowest BCUT2D eigenvalue weighted by atomic mass is 10.1. The van der Waals surface area contributed by atoms with Gasteiger partial charge < -0.3 is 4.90 Å². The Bertz CT molecular complexity index is 901. The smallest absolute Gasteiger partial charge is 0.269 e. The number of hydrogen-bond donors (Lipinski definition) is 0. The van der Waals surface area contributed by atoms with Gasteiger partial charge in [-0.1, -0.05) is 0 Å². The molecule has 0 radical (unpaired) electrons. The van der Waals surface area contributed by atoms with Gasteiger partial charge in [0.05, 0.1) is 16.3 Å². The summed E-state index contributed by atoms with van der Waals surface area (Å²) in [6.45, 7) is 3.55. The third-order valence-electron chi connectivity index (χ3n) is 4.20. The molecule has 0 saturated heterocycles. The van der Waals surface area contributed by atoms with Crippen molar-refractivity contribution in [2.24, 2.45) is 0 Å². The molecule has 0 saturated carbocycles. The van der Waals surface area contributed by atoms with E-state index in [0.717, 1.165) is 42.1 Å². The second-order valence-electron chi connectivity index (χ2n) is 5.73. The van der Waals surface area contributed by atoms with Crippen LogP contribution in [0.15, 0.2) is 36.5 Å². The van der Waals surface area contributed by atoms with Crippen molar-refractivity contribution in [1.29, 1.82) is 0 Å². The molecule has 0 aliphatic carbocycles. The Kier molecular flexibility index (Phi) is 3.00. The zero-order valence-corrected chi connectivity index (χ0v) is 12.6. The minimum atomic E-state index is -0.379. The zero-order valence-electron chi connectivity index (χ0n) is 12.6. The molecule has 7 nitrogen and oxygen atoms in total. The molecule has 1 aliphatic heterocycles. The number of aromatic nitrogens is 3. The standard InChI is InChI=1S/C16H15N5O2/c1-11-8-16-17-9-12-10-19(7-6-15(12)20(16)18-11)13-2-4-14(5-3-13)21(22)23/h2-5,8-9H,6-7,10H2,1H3. The molecule has 2 aromatic heterocycles. The number of nitro groups is 1. The first kappa shape index (κ1) is 13.7. The number of aryl methyl sites for hydroxylation is 1. The van der Waals surface area contributed by atoms with Crippen molar-refractivity contribution >= 4 is 17.0 Å². The van der Waals surface area contributed by atoms with Crippen molar-refractivity contribution < 1.29 is 4.92 Å². The van der Waals surface area contributed by atoms with Gasteiger partial charge in [-0.2, -0.15) is 5.10 Å². The van der Waals surface area contributed by atoms with Crippen LogP contribution in [0.25, 0.3) is 5.65 Å². The maximum Gasteiger partial charge on any atom is 0.269 e. The molecule has 1 aliphatic rings. The van der Waals surface area contributed by atoms with Gasteiger partial charge in [0.1, 0.15) is 0 Å². The molecular weight excluding hydrogens is 294 g/mol. The molecule has 0 atom stereocenters. The number of non-ortho nitro benzene ring substituents is 1. The maximum absolute atomic E-state index is 10.8. The van der Waals surface area contributed by atoms with Gasteiger partial charge in [-0.3, -0.25) is 10.1 Å². The Labute approximate surface area is 132 Å². The van der Waals surface area contributed by atoms with Crippen LogP contribution in [-0.4, -0.2) is 26.1 Å². The van der Waals surface area contributed by atoms with E-state index < -0.39 is 0 Å². The van der Waals surface area contributed by atoms with Crippen molar-refractivity contribution in [3.63, 3.8) is 0 Å². The van der Waals surface area contributed by atoms with Crippen LogP contribution in [0.2, 0.25) is 0 Å². The fourth-order valence-corrected chi connectivity index (χ4v) is 3.06. The third-order valence-corrected chi connectivity index (χ3v) is 4.20. The van der Waals surface area contributed by atoms with Gasteiger partial charge in [-0.25, -0.2) is 9.50 Å². The summed E-state index contributed by atoms with van der Waals surface area (Å²) in [6, 6.07) is 8.66. The second kappa shape index (κ2) is 5.05. The summed E-state index contributed by atoms with van der Waals surface area (Å²) in [5.74, 6) is 0. The van der Waals surface area contributed by atoms with Crippen LogP contribution in [-0.2, 0) is 13.0 Å². The van der Waals surface area contributed by atoms with Crippen LogP contribution in [0, 0.1) is 17.0 Å².